The molecule has 0 bridgehead atoms. The second kappa shape index (κ2) is 6.51. The molecular weight excluding hydrogens is 317 g/mol. The zero-order valence-corrected chi connectivity index (χ0v) is 13.5. The first-order chi connectivity index (χ1) is 10.7. The Labute approximate surface area is 138 Å². The van der Waals surface area contributed by atoms with Crippen LogP contribution in [0.15, 0.2) is 65.6 Å². The average molecular weight is 330 g/mol. The maximum absolute atomic E-state index is 13.1. The molecule has 0 aliphatic carbocycles. The van der Waals surface area contributed by atoms with Crippen LogP contribution in [0.1, 0.15) is 0 Å². The summed E-state index contributed by atoms with van der Waals surface area (Å²) in [6.07, 6.45) is 2.02. The summed E-state index contributed by atoms with van der Waals surface area (Å²) in [5, 5.41) is 0.678. The fraction of sp³-hybridized carbons (Fsp3) is 0.0556. The number of pyridine rings is 1. The van der Waals surface area contributed by atoms with E-state index in [4.69, 9.17) is 16.6 Å². The minimum atomic E-state index is -0.250. The van der Waals surface area contributed by atoms with Gasteiger partial charge in [0.25, 0.3) is 0 Å². The fourth-order valence-electron chi connectivity index (χ4n) is 2.19. The predicted molar refractivity (Wildman–Crippen MR) is 91.9 cm³/mol. The van der Waals surface area contributed by atoms with Crippen LogP contribution < -0.4 is 0 Å². The first-order valence-corrected chi connectivity index (χ1v) is 8.34. The van der Waals surface area contributed by atoms with Gasteiger partial charge in [-0.2, -0.15) is 0 Å². The van der Waals surface area contributed by atoms with Crippen molar-refractivity contribution in [3.05, 3.63) is 71.5 Å². The van der Waals surface area contributed by atoms with E-state index >= 15 is 0 Å². The zero-order valence-electron chi connectivity index (χ0n) is 11.9. The van der Waals surface area contributed by atoms with E-state index in [0.29, 0.717) is 5.02 Å². The van der Waals surface area contributed by atoms with Gasteiger partial charge < -0.3 is 0 Å². The summed E-state index contributed by atoms with van der Waals surface area (Å²) in [4.78, 5) is 5.80. The van der Waals surface area contributed by atoms with Crippen molar-refractivity contribution in [2.45, 2.75) is 4.90 Å². The van der Waals surface area contributed by atoms with Crippen molar-refractivity contribution in [1.82, 2.24) is 4.98 Å². The molecule has 3 aromatic rings. The molecule has 0 saturated carbocycles. The van der Waals surface area contributed by atoms with Gasteiger partial charge in [0.15, 0.2) is 0 Å². The summed E-state index contributed by atoms with van der Waals surface area (Å²) in [6, 6.07) is 18.0. The summed E-state index contributed by atoms with van der Waals surface area (Å²) in [5.74, 6) is -0.250. The fourth-order valence-corrected chi connectivity index (χ4v) is 2.84. The monoisotopic (exact) mass is 329 g/mol. The van der Waals surface area contributed by atoms with Crippen LogP contribution in [0.25, 0.3) is 22.5 Å². The lowest BCUT2D eigenvalue weighted by Gasteiger charge is -2.08. The molecule has 22 heavy (non-hydrogen) atoms. The van der Waals surface area contributed by atoms with E-state index in [1.54, 1.807) is 23.9 Å². The van der Waals surface area contributed by atoms with E-state index in [-0.39, 0.29) is 5.82 Å². The molecule has 0 atom stereocenters. The highest BCUT2D eigenvalue weighted by Crippen LogP contribution is 2.29. The third-order valence-corrected chi connectivity index (χ3v) is 4.24. The van der Waals surface area contributed by atoms with Gasteiger partial charge in [-0.1, -0.05) is 23.7 Å². The SMILES string of the molecule is CSc1cc(-c2ccc(F)cc2)nc(-c2cccc(Cl)c2)c1. The highest BCUT2D eigenvalue weighted by molar-refractivity contribution is 7.98. The lowest BCUT2D eigenvalue weighted by Crippen LogP contribution is -1.90. The Morgan fingerprint density at radius 3 is 2.23 bits per heavy atom. The van der Waals surface area contributed by atoms with E-state index in [9.17, 15) is 4.39 Å². The zero-order chi connectivity index (χ0) is 15.5. The largest absolute Gasteiger partial charge is 0.248 e. The summed E-state index contributed by atoms with van der Waals surface area (Å²) >= 11 is 7.71. The maximum Gasteiger partial charge on any atom is 0.123 e. The van der Waals surface area contributed by atoms with Crippen molar-refractivity contribution >= 4 is 23.4 Å². The van der Waals surface area contributed by atoms with Crippen molar-refractivity contribution < 1.29 is 4.39 Å². The molecule has 0 saturated heterocycles. The van der Waals surface area contributed by atoms with E-state index in [0.717, 1.165) is 27.4 Å². The standard InChI is InChI=1S/C18H13ClFNS/c1-22-16-10-17(12-5-7-15(20)8-6-12)21-18(11-16)13-3-2-4-14(19)9-13/h2-11H,1H3. The number of nitrogens with zero attached hydrogens (tertiary/aromatic N) is 1. The normalized spacial score (nSPS) is 10.7. The molecule has 0 amide bonds. The van der Waals surface area contributed by atoms with Gasteiger partial charge in [-0.05, 0) is 54.8 Å². The van der Waals surface area contributed by atoms with Gasteiger partial charge in [0, 0.05) is 21.0 Å². The van der Waals surface area contributed by atoms with Crippen molar-refractivity contribution in [1.29, 1.82) is 0 Å². The van der Waals surface area contributed by atoms with Crippen molar-refractivity contribution in [3.8, 4) is 22.5 Å². The van der Waals surface area contributed by atoms with Crippen LogP contribution in [0.2, 0.25) is 5.02 Å². The number of hydrogen-bond acceptors (Lipinski definition) is 2. The van der Waals surface area contributed by atoms with E-state index in [1.807, 2.05) is 42.7 Å². The molecule has 0 N–H and O–H groups in total. The van der Waals surface area contributed by atoms with E-state index in [2.05, 4.69) is 0 Å². The number of rotatable bonds is 3. The van der Waals surface area contributed by atoms with Gasteiger partial charge in [-0.15, -0.1) is 11.8 Å². The third-order valence-electron chi connectivity index (χ3n) is 3.29. The quantitative estimate of drug-likeness (QED) is 0.552. The highest BCUT2D eigenvalue weighted by atomic mass is 35.5. The molecule has 3 rings (SSSR count). The summed E-state index contributed by atoms with van der Waals surface area (Å²) in [5.41, 5.74) is 3.53. The summed E-state index contributed by atoms with van der Waals surface area (Å²) < 4.78 is 13.1. The second-order valence-corrected chi connectivity index (χ2v) is 6.11. The smallest absolute Gasteiger partial charge is 0.123 e. The van der Waals surface area contributed by atoms with E-state index < -0.39 is 0 Å². The van der Waals surface area contributed by atoms with Crippen LogP contribution in [0, 0.1) is 5.82 Å². The Balaban J connectivity index is 2.12. The van der Waals surface area contributed by atoms with Crippen LogP contribution in [-0.2, 0) is 0 Å². The number of hydrogen-bond donors (Lipinski definition) is 0. The predicted octanol–water partition coefficient (Wildman–Crippen LogP) is 5.93. The first kappa shape index (κ1) is 15.1. The third kappa shape index (κ3) is 3.32. The minimum absolute atomic E-state index is 0.250. The molecule has 0 fully saturated rings. The lowest BCUT2D eigenvalue weighted by molar-refractivity contribution is 0.628. The van der Waals surface area contributed by atoms with Crippen LogP contribution in [0.4, 0.5) is 4.39 Å². The topological polar surface area (TPSA) is 12.9 Å². The molecule has 0 radical (unpaired) electrons. The molecule has 0 spiro atoms. The molecule has 0 aliphatic rings. The minimum Gasteiger partial charge on any atom is -0.248 e. The Bertz CT molecular complexity index is 802. The first-order valence-electron chi connectivity index (χ1n) is 6.73. The average Bonchev–Trinajstić information content (AvgIpc) is 2.55. The number of thioether (sulfide) groups is 1. The molecular formula is C18H13ClFNS. The van der Waals surface area contributed by atoms with Crippen LogP contribution >= 0.6 is 23.4 Å². The molecule has 2 aromatic carbocycles. The van der Waals surface area contributed by atoms with Crippen LogP contribution in [0.3, 0.4) is 0 Å². The Morgan fingerprint density at radius 2 is 1.59 bits per heavy atom. The number of aromatic nitrogens is 1. The molecule has 0 unspecified atom stereocenters. The van der Waals surface area contributed by atoms with E-state index in [1.165, 1.54) is 12.1 Å². The van der Waals surface area contributed by atoms with Crippen molar-refractivity contribution in [2.75, 3.05) is 6.26 Å². The Kier molecular flexibility index (Phi) is 4.46. The molecule has 0 aliphatic heterocycles. The number of benzene rings is 2. The number of halogens is 2. The molecule has 1 aromatic heterocycles. The second-order valence-electron chi connectivity index (χ2n) is 4.79. The maximum atomic E-state index is 13.1. The Morgan fingerprint density at radius 1 is 0.909 bits per heavy atom. The van der Waals surface area contributed by atoms with Crippen molar-refractivity contribution in [3.63, 3.8) is 0 Å². The van der Waals surface area contributed by atoms with Crippen LogP contribution in [0.5, 0.6) is 0 Å². The summed E-state index contributed by atoms with van der Waals surface area (Å²) in [6.45, 7) is 0. The van der Waals surface area contributed by atoms with Gasteiger partial charge >= 0.3 is 0 Å². The summed E-state index contributed by atoms with van der Waals surface area (Å²) in [7, 11) is 0. The van der Waals surface area contributed by atoms with Gasteiger partial charge in [-0.25, -0.2) is 9.37 Å². The van der Waals surface area contributed by atoms with Gasteiger partial charge in [0.05, 0.1) is 11.4 Å². The lowest BCUT2D eigenvalue weighted by atomic mass is 10.1. The van der Waals surface area contributed by atoms with Crippen LogP contribution in [-0.4, -0.2) is 11.2 Å². The van der Waals surface area contributed by atoms with Gasteiger partial charge in [0.2, 0.25) is 0 Å². The highest BCUT2D eigenvalue weighted by Gasteiger charge is 2.07. The molecule has 1 nitrogen and oxygen atoms in total. The van der Waals surface area contributed by atoms with Gasteiger partial charge in [0.1, 0.15) is 5.82 Å². The Hall–Kier alpha value is -1.84. The molecule has 4 heteroatoms. The van der Waals surface area contributed by atoms with Gasteiger partial charge in [-0.3, -0.25) is 0 Å². The molecule has 1 heterocycles. The molecule has 110 valence electrons. The van der Waals surface area contributed by atoms with Crippen molar-refractivity contribution in [2.24, 2.45) is 0 Å².